The third kappa shape index (κ3) is 2.02. The summed E-state index contributed by atoms with van der Waals surface area (Å²) >= 11 is 0. The lowest BCUT2D eigenvalue weighted by Crippen LogP contribution is -2.49. The van der Waals surface area contributed by atoms with Crippen LogP contribution in [-0.4, -0.2) is 41.2 Å². The zero-order valence-corrected chi connectivity index (χ0v) is 8.27. The lowest BCUT2D eigenvalue weighted by atomic mass is 10.1. The van der Waals surface area contributed by atoms with Gasteiger partial charge >= 0.3 is 0 Å². The first kappa shape index (κ1) is 9.43. The largest absolute Gasteiger partial charge is 0.390 e. The van der Waals surface area contributed by atoms with Crippen molar-refractivity contribution in [1.29, 1.82) is 0 Å². The molecule has 1 aromatic heterocycles. The van der Waals surface area contributed by atoms with Crippen LogP contribution in [0, 0.1) is 0 Å². The summed E-state index contributed by atoms with van der Waals surface area (Å²) in [6.07, 6.45) is 1.68. The van der Waals surface area contributed by atoms with Gasteiger partial charge in [0.2, 0.25) is 0 Å². The maximum atomic E-state index is 9.13. The molecule has 1 saturated heterocycles. The number of rotatable bonds is 3. The molecule has 0 amide bonds. The molecule has 2 heterocycles. The van der Waals surface area contributed by atoms with E-state index in [-0.39, 0.29) is 6.10 Å². The molecule has 1 fully saturated rings. The molecule has 0 saturated carbocycles. The molecule has 0 spiro atoms. The Morgan fingerprint density at radius 1 is 1.64 bits per heavy atom. The van der Waals surface area contributed by atoms with Crippen LogP contribution in [0.4, 0.5) is 5.82 Å². The summed E-state index contributed by atoms with van der Waals surface area (Å²) < 4.78 is 0. The molecule has 1 aromatic rings. The number of aromatic nitrogens is 1. The topological polar surface area (TPSA) is 48.4 Å². The minimum atomic E-state index is -0.124. The highest BCUT2D eigenvalue weighted by molar-refractivity contribution is 5.36. The van der Waals surface area contributed by atoms with Crippen LogP contribution in [0.25, 0.3) is 0 Å². The lowest BCUT2D eigenvalue weighted by Gasteiger charge is -2.35. The number of nitrogens with zero attached hydrogens (tertiary/aromatic N) is 2. The summed E-state index contributed by atoms with van der Waals surface area (Å²) in [7, 11) is 1.86. The maximum absolute atomic E-state index is 9.13. The Morgan fingerprint density at radius 2 is 2.43 bits per heavy atom. The van der Waals surface area contributed by atoms with Gasteiger partial charge in [0.05, 0.1) is 6.10 Å². The molecule has 76 valence electrons. The molecular weight excluding hydrogens is 178 g/mol. The van der Waals surface area contributed by atoms with Gasteiger partial charge in [0.25, 0.3) is 0 Å². The van der Waals surface area contributed by atoms with E-state index >= 15 is 0 Å². The zero-order chi connectivity index (χ0) is 9.97. The number of anilines is 1. The van der Waals surface area contributed by atoms with Gasteiger partial charge in [-0.05, 0) is 17.7 Å². The van der Waals surface area contributed by atoms with E-state index in [9.17, 15) is 0 Å². The number of hydrogen-bond donors (Lipinski definition) is 2. The van der Waals surface area contributed by atoms with E-state index in [0.717, 1.165) is 25.5 Å². The first-order valence-electron chi connectivity index (χ1n) is 4.81. The zero-order valence-electron chi connectivity index (χ0n) is 8.27. The van der Waals surface area contributed by atoms with E-state index in [1.165, 1.54) is 5.56 Å². The van der Waals surface area contributed by atoms with E-state index in [1.54, 1.807) is 6.20 Å². The Labute approximate surface area is 83.6 Å². The van der Waals surface area contributed by atoms with Crippen molar-refractivity contribution in [1.82, 2.24) is 9.88 Å². The molecule has 4 nitrogen and oxygen atoms in total. The SMILES string of the molecule is CNc1cc(CN2CC(O)C2)ccn1. The van der Waals surface area contributed by atoms with Crippen molar-refractivity contribution in [2.45, 2.75) is 12.6 Å². The third-order valence-corrected chi connectivity index (χ3v) is 2.42. The summed E-state index contributed by atoms with van der Waals surface area (Å²) in [5.41, 5.74) is 1.23. The van der Waals surface area contributed by atoms with E-state index in [2.05, 4.69) is 15.2 Å². The molecule has 1 aliphatic rings. The van der Waals surface area contributed by atoms with Gasteiger partial charge in [-0.3, -0.25) is 4.90 Å². The van der Waals surface area contributed by atoms with Crippen molar-refractivity contribution in [3.63, 3.8) is 0 Å². The minimum Gasteiger partial charge on any atom is -0.390 e. The average molecular weight is 193 g/mol. The van der Waals surface area contributed by atoms with Crippen molar-refractivity contribution < 1.29 is 5.11 Å². The third-order valence-electron chi connectivity index (χ3n) is 2.42. The second-order valence-corrected chi connectivity index (χ2v) is 3.65. The van der Waals surface area contributed by atoms with Crippen LogP contribution in [0.1, 0.15) is 5.56 Å². The molecule has 2 N–H and O–H groups in total. The number of aliphatic hydroxyl groups is 1. The van der Waals surface area contributed by atoms with Gasteiger partial charge in [-0.25, -0.2) is 4.98 Å². The smallest absolute Gasteiger partial charge is 0.125 e. The van der Waals surface area contributed by atoms with Crippen molar-refractivity contribution in [2.75, 3.05) is 25.5 Å². The molecule has 0 aromatic carbocycles. The summed E-state index contributed by atoms with van der Waals surface area (Å²) in [6, 6.07) is 4.04. The van der Waals surface area contributed by atoms with Crippen LogP contribution >= 0.6 is 0 Å². The summed E-state index contributed by atoms with van der Waals surface area (Å²) in [5.74, 6) is 0.892. The van der Waals surface area contributed by atoms with Crippen LogP contribution in [0.15, 0.2) is 18.3 Å². The van der Waals surface area contributed by atoms with Crippen molar-refractivity contribution >= 4 is 5.82 Å². The standard InChI is InChI=1S/C10H15N3O/c1-11-10-4-8(2-3-12-10)5-13-6-9(14)7-13/h2-4,9,14H,5-7H2,1H3,(H,11,12). The number of aliphatic hydroxyl groups excluding tert-OH is 1. The Morgan fingerprint density at radius 3 is 3.07 bits per heavy atom. The Hall–Kier alpha value is -1.13. The van der Waals surface area contributed by atoms with Crippen molar-refractivity contribution in [2.24, 2.45) is 0 Å². The van der Waals surface area contributed by atoms with E-state index in [4.69, 9.17) is 5.11 Å². The first-order chi connectivity index (χ1) is 6.78. The van der Waals surface area contributed by atoms with E-state index in [0.29, 0.717) is 0 Å². The number of likely N-dealkylation sites (tertiary alicyclic amines) is 1. The highest BCUT2D eigenvalue weighted by atomic mass is 16.3. The predicted octanol–water partition coefficient (Wildman–Crippen LogP) is 0.300. The van der Waals surface area contributed by atoms with Crippen LogP contribution in [0.5, 0.6) is 0 Å². The van der Waals surface area contributed by atoms with Crippen LogP contribution in [-0.2, 0) is 6.54 Å². The Balaban J connectivity index is 1.95. The second-order valence-electron chi connectivity index (χ2n) is 3.65. The molecule has 1 aliphatic heterocycles. The first-order valence-corrected chi connectivity index (χ1v) is 4.81. The maximum Gasteiger partial charge on any atom is 0.125 e. The number of nitrogens with one attached hydrogen (secondary N) is 1. The minimum absolute atomic E-state index is 0.124. The molecule has 14 heavy (non-hydrogen) atoms. The molecular formula is C10H15N3O. The Bertz CT molecular complexity index is 310. The van der Waals surface area contributed by atoms with Gasteiger partial charge in [-0.2, -0.15) is 0 Å². The van der Waals surface area contributed by atoms with E-state index < -0.39 is 0 Å². The second kappa shape index (κ2) is 3.94. The van der Waals surface area contributed by atoms with Gasteiger partial charge in [-0.1, -0.05) is 0 Å². The quantitative estimate of drug-likeness (QED) is 0.725. The summed E-state index contributed by atoms with van der Waals surface area (Å²) in [6.45, 7) is 2.47. The fourth-order valence-electron chi connectivity index (χ4n) is 1.64. The highest BCUT2D eigenvalue weighted by Gasteiger charge is 2.23. The average Bonchev–Trinajstić information content (AvgIpc) is 2.16. The van der Waals surface area contributed by atoms with Gasteiger partial charge in [0, 0.05) is 32.9 Å². The summed E-state index contributed by atoms with van der Waals surface area (Å²) in [5, 5.41) is 12.1. The number of β-amino-alcohol motifs (C(OH)–C–C–N with tert-alkyl or cyclic N) is 1. The van der Waals surface area contributed by atoms with Crippen LogP contribution in [0.2, 0.25) is 0 Å². The highest BCUT2D eigenvalue weighted by Crippen LogP contribution is 2.14. The van der Waals surface area contributed by atoms with Gasteiger partial charge in [0.15, 0.2) is 0 Å². The van der Waals surface area contributed by atoms with Gasteiger partial charge in [-0.15, -0.1) is 0 Å². The molecule has 2 rings (SSSR count). The summed E-state index contributed by atoms with van der Waals surface area (Å²) in [4.78, 5) is 6.35. The molecule has 0 radical (unpaired) electrons. The van der Waals surface area contributed by atoms with Crippen LogP contribution in [0.3, 0.4) is 0 Å². The van der Waals surface area contributed by atoms with Gasteiger partial charge < -0.3 is 10.4 Å². The predicted molar refractivity (Wildman–Crippen MR) is 55.1 cm³/mol. The monoisotopic (exact) mass is 193 g/mol. The van der Waals surface area contributed by atoms with Crippen molar-refractivity contribution in [3.8, 4) is 0 Å². The van der Waals surface area contributed by atoms with Crippen molar-refractivity contribution in [3.05, 3.63) is 23.9 Å². The van der Waals surface area contributed by atoms with Crippen LogP contribution < -0.4 is 5.32 Å². The van der Waals surface area contributed by atoms with Gasteiger partial charge in [0.1, 0.15) is 5.82 Å². The Kier molecular flexibility index (Phi) is 2.65. The number of pyridine rings is 1. The fraction of sp³-hybridized carbons (Fsp3) is 0.500. The fourth-order valence-corrected chi connectivity index (χ4v) is 1.64. The molecule has 4 heteroatoms. The molecule has 0 atom stereocenters. The molecule has 0 aliphatic carbocycles. The molecule has 0 bridgehead atoms. The normalized spacial score (nSPS) is 17.9. The lowest BCUT2D eigenvalue weighted by molar-refractivity contribution is -0.00286. The number of hydrogen-bond acceptors (Lipinski definition) is 4. The van der Waals surface area contributed by atoms with E-state index in [1.807, 2.05) is 19.2 Å². The molecule has 0 unspecified atom stereocenters.